The van der Waals surface area contributed by atoms with Gasteiger partial charge < -0.3 is 10.2 Å². The predicted octanol–water partition coefficient (Wildman–Crippen LogP) is 4.53. The Morgan fingerprint density at radius 3 is 2.55 bits per heavy atom. The summed E-state index contributed by atoms with van der Waals surface area (Å²) in [5.41, 5.74) is 2.14. The highest BCUT2D eigenvalue weighted by Gasteiger charge is 2.04. The molecule has 0 atom stereocenters. The van der Waals surface area contributed by atoms with Gasteiger partial charge in [0.25, 0.3) is 0 Å². The van der Waals surface area contributed by atoms with Gasteiger partial charge in [-0.3, -0.25) is 0 Å². The number of benzene rings is 2. The van der Waals surface area contributed by atoms with Crippen LogP contribution in [-0.4, -0.2) is 19.6 Å². The van der Waals surface area contributed by atoms with Crippen molar-refractivity contribution in [1.29, 1.82) is 0 Å². The van der Waals surface area contributed by atoms with Crippen molar-refractivity contribution in [3.63, 3.8) is 0 Å². The second-order valence-corrected chi connectivity index (χ2v) is 5.41. The monoisotopic (exact) mass is 336 g/mol. The lowest BCUT2D eigenvalue weighted by Gasteiger charge is -2.23. The van der Waals surface area contributed by atoms with E-state index in [1.165, 1.54) is 12.1 Å². The third-order valence-corrected chi connectivity index (χ3v) is 3.60. The molecule has 0 aliphatic heterocycles. The molecule has 0 amide bonds. The topological polar surface area (TPSA) is 15.3 Å². The lowest BCUT2D eigenvalue weighted by molar-refractivity contribution is 0.627. The van der Waals surface area contributed by atoms with E-state index < -0.39 is 0 Å². The maximum atomic E-state index is 12.9. The molecule has 0 radical (unpaired) electrons. The van der Waals surface area contributed by atoms with Crippen LogP contribution in [-0.2, 0) is 0 Å². The molecule has 2 rings (SSSR count). The summed E-state index contributed by atoms with van der Waals surface area (Å²) in [5, 5.41) is 3.39. The second kappa shape index (κ2) is 7.29. The number of hydrogen-bond donors (Lipinski definition) is 1. The highest BCUT2D eigenvalue weighted by molar-refractivity contribution is 9.10. The summed E-state index contributed by atoms with van der Waals surface area (Å²) in [6.07, 6.45) is 0. The van der Waals surface area contributed by atoms with Crippen LogP contribution >= 0.6 is 15.9 Å². The summed E-state index contributed by atoms with van der Waals surface area (Å²) in [7, 11) is 0. The lowest BCUT2D eigenvalue weighted by Crippen LogP contribution is -2.28. The largest absolute Gasteiger partial charge is 0.383 e. The van der Waals surface area contributed by atoms with Gasteiger partial charge >= 0.3 is 0 Å². The van der Waals surface area contributed by atoms with Gasteiger partial charge in [0.05, 0.1) is 0 Å². The molecule has 0 saturated heterocycles. The Morgan fingerprint density at radius 1 is 1.15 bits per heavy atom. The van der Waals surface area contributed by atoms with Gasteiger partial charge in [-0.25, -0.2) is 4.39 Å². The third-order valence-electron chi connectivity index (χ3n) is 3.11. The number of nitrogens with one attached hydrogen (secondary N) is 1. The molecule has 0 aliphatic rings. The fourth-order valence-electron chi connectivity index (χ4n) is 2.06. The standard InChI is InChI=1S/C16H18BrFN2/c1-2-20(16-8-6-14(18)7-9-16)11-10-19-15-5-3-4-13(17)12-15/h3-9,12,19H,2,10-11H2,1H3. The molecular weight excluding hydrogens is 319 g/mol. The fourth-order valence-corrected chi connectivity index (χ4v) is 2.45. The second-order valence-electron chi connectivity index (χ2n) is 4.49. The molecule has 0 fully saturated rings. The van der Waals surface area contributed by atoms with E-state index in [0.717, 1.165) is 35.5 Å². The van der Waals surface area contributed by atoms with Gasteiger partial charge in [-0.2, -0.15) is 0 Å². The first-order chi connectivity index (χ1) is 9.69. The highest BCUT2D eigenvalue weighted by Crippen LogP contribution is 2.16. The van der Waals surface area contributed by atoms with E-state index >= 15 is 0 Å². The summed E-state index contributed by atoms with van der Waals surface area (Å²) in [6, 6.07) is 14.7. The normalized spacial score (nSPS) is 10.3. The van der Waals surface area contributed by atoms with E-state index in [2.05, 4.69) is 33.1 Å². The number of likely N-dealkylation sites (N-methyl/N-ethyl adjacent to an activating group) is 1. The Balaban J connectivity index is 1.89. The van der Waals surface area contributed by atoms with Crippen molar-refractivity contribution in [2.75, 3.05) is 29.9 Å². The molecule has 0 saturated carbocycles. The molecule has 2 aromatic carbocycles. The Bertz CT molecular complexity index is 542. The molecule has 0 spiro atoms. The van der Waals surface area contributed by atoms with E-state index in [4.69, 9.17) is 0 Å². The van der Waals surface area contributed by atoms with Gasteiger partial charge in [-0.15, -0.1) is 0 Å². The zero-order chi connectivity index (χ0) is 14.4. The first-order valence-electron chi connectivity index (χ1n) is 6.69. The minimum absolute atomic E-state index is 0.197. The minimum Gasteiger partial charge on any atom is -0.383 e. The smallest absolute Gasteiger partial charge is 0.123 e. The van der Waals surface area contributed by atoms with E-state index in [-0.39, 0.29) is 5.82 Å². The number of nitrogens with zero attached hydrogens (tertiary/aromatic N) is 1. The van der Waals surface area contributed by atoms with Crippen LogP contribution in [0.25, 0.3) is 0 Å². The van der Waals surface area contributed by atoms with Crippen LogP contribution in [0.3, 0.4) is 0 Å². The first kappa shape index (κ1) is 14.9. The van der Waals surface area contributed by atoms with Crippen molar-refractivity contribution in [3.05, 3.63) is 58.8 Å². The van der Waals surface area contributed by atoms with Crippen LogP contribution in [0.2, 0.25) is 0 Å². The summed E-state index contributed by atoms with van der Waals surface area (Å²) in [5.74, 6) is -0.197. The Kier molecular flexibility index (Phi) is 5.41. The molecule has 0 aliphatic carbocycles. The van der Waals surface area contributed by atoms with Crippen LogP contribution in [0.1, 0.15) is 6.92 Å². The maximum Gasteiger partial charge on any atom is 0.123 e. The third kappa shape index (κ3) is 4.23. The van der Waals surface area contributed by atoms with Crippen molar-refractivity contribution in [2.24, 2.45) is 0 Å². The molecule has 0 unspecified atom stereocenters. The molecule has 20 heavy (non-hydrogen) atoms. The number of anilines is 2. The summed E-state index contributed by atoms with van der Waals surface area (Å²) >= 11 is 3.45. The van der Waals surface area contributed by atoms with Crippen LogP contribution in [0.5, 0.6) is 0 Å². The maximum absolute atomic E-state index is 12.9. The van der Waals surface area contributed by atoms with E-state index in [1.54, 1.807) is 0 Å². The van der Waals surface area contributed by atoms with Gasteiger partial charge in [-0.05, 0) is 49.4 Å². The molecule has 2 nitrogen and oxygen atoms in total. The van der Waals surface area contributed by atoms with Gasteiger partial charge in [0, 0.05) is 35.5 Å². The van der Waals surface area contributed by atoms with Crippen molar-refractivity contribution >= 4 is 27.3 Å². The number of hydrogen-bond acceptors (Lipinski definition) is 2. The fraction of sp³-hybridized carbons (Fsp3) is 0.250. The average molecular weight is 337 g/mol. The van der Waals surface area contributed by atoms with Crippen LogP contribution in [0.15, 0.2) is 53.0 Å². The first-order valence-corrected chi connectivity index (χ1v) is 7.48. The SMILES string of the molecule is CCN(CCNc1cccc(Br)c1)c1ccc(F)cc1. The van der Waals surface area contributed by atoms with E-state index in [9.17, 15) is 4.39 Å². The van der Waals surface area contributed by atoms with Crippen molar-refractivity contribution in [3.8, 4) is 0 Å². The van der Waals surface area contributed by atoms with Crippen LogP contribution in [0.4, 0.5) is 15.8 Å². The molecule has 4 heteroatoms. The summed E-state index contributed by atoms with van der Waals surface area (Å²) < 4.78 is 14.0. The van der Waals surface area contributed by atoms with E-state index in [0.29, 0.717) is 0 Å². The number of rotatable bonds is 6. The van der Waals surface area contributed by atoms with Crippen LogP contribution in [0, 0.1) is 5.82 Å². The van der Waals surface area contributed by atoms with Gasteiger partial charge in [-0.1, -0.05) is 22.0 Å². The van der Waals surface area contributed by atoms with Gasteiger partial charge in [0.15, 0.2) is 0 Å². The minimum atomic E-state index is -0.197. The molecule has 0 bridgehead atoms. The molecule has 0 aromatic heterocycles. The van der Waals surface area contributed by atoms with Gasteiger partial charge in [0.1, 0.15) is 5.82 Å². The van der Waals surface area contributed by atoms with Crippen LogP contribution < -0.4 is 10.2 Å². The number of halogens is 2. The lowest BCUT2D eigenvalue weighted by atomic mass is 10.2. The van der Waals surface area contributed by atoms with E-state index in [1.807, 2.05) is 36.4 Å². The predicted molar refractivity (Wildman–Crippen MR) is 86.9 cm³/mol. The Morgan fingerprint density at radius 2 is 1.90 bits per heavy atom. The Labute approximate surface area is 127 Å². The summed E-state index contributed by atoms with van der Waals surface area (Å²) in [4.78, 5) is 2.21. The van der Waals surface area contributed by atoms with Crippen molar-refractivity contribution < 1.29 is 4.39 Å². The highest BCUT2D eigenvalue weighted by atomic mass is 79.9. The zero-order valence-corrected chi connectivity index (χ0v) is 13.0. The zero-order valence-electron chi connectivity index (χ0n) is 11.4. The molecular formula is C16H18BrFN2. The molecule has 1 N–H and O–H groups in total. The van der Waals surface area contributed by atoms with Gasteiger partial charge in [0.2, 0.25) is 0 Å². The average Bonchev–Trinajstić information content (AvgIpc) is 2.45. The quantitative estimate of drug-likeness (QED) is 0.833. The Hall–Kier alpha value is -1.55. The summed E-state index contributed by atoms with van der Waals surface area (Å²) in [6.45, 7) is 4.70. The molecule has 2 aromatic rings. The van der Waals surface area contributed by atoms with Crippen molar-refractivity contribution in [2.45, 2.75) is 6.92 Å². The van der Waals surface area contributed by atoms with Crippen molar-refractivity contribution in [1.82, 2.24) is 0 Å². The molecule has 106 valence electrons. The molecule has 0 heterocycles.